The van der Waals surface area contributed by atoms with E-state index >= 15 is 0 Å². The first kappa shape index (κ1) is 13.7. The number of hydrogen-bond donors (Lipinski definition) is 0. The normalized spacial score (nSPS) is 11.1. The van der Waals surface area contributed by atoms with E-state index in [1.165, 1.54) is 0 Å². The zero-order valence-electron chi connectivity index (χ0n) is 11.5. The van der Waals surface area contributed by atoms with E-state index in [1.807, 2.05) is 12.1 Å². The summed E-state index contributed by atoms with van der Waals surface area (Å²) in [6.45, 7) is 7.18. The molecular weight excluding hydrogens is 240 g/mol. The van der Waals surface area contributed by atoms with E-state index in [4.69, 9.17) is 4.52 Å². The lowest BCUT2D eigenvalue weighted by Crippen LogP contribution is -2.25. The van der Waals surface area contributed by atoms with Gasteiger partial charge >= 0.3 is 0 Å². The third-order valence-electron chi connectivity index (χ3n) is 2.83. The van der Waals surface area contributed by atoms with Gasteiger partial charge in [0.15, 0.2) is 0 Å². The molecule has 2 aromatic heterocycles. The predicted molar refractivity (Wildman–Crippen MR) is 73.4 cm³/mol. The Kier molecular flexibility index (Phi) is 5.03. The molecular formula is C14H20N4O. The fourth-order valence-electron chi connectivity index (χ4n) is 2.03. The molecule has 2 aromatic rings. The number of aromatic nitrogens is 3. The number of pyridine rings is 1. The number of nitrogens with zero attached hydrogens (tertiary/aromatic N) is 4. The Morgan fingerprint density at radius 3 is 2.63 bits per heavy atom. The molecule has 2 heterocycles. The van der Waals surface area contributed by atoms with Gasteiger partial charge < -0.3 is 4.52 Å². The minimum atomic E-state index is 0.607. The molecule has 0 atom stereocenters. The monoisotopic (exact) mass is 260 g/mol. The van der Waals surface area contributed by atoms with E-state index in [1.54, 1.807) is 12.4 Å². The van der Waals surface area contributed by atoms with Crippen LogP contribution in [0.1, 0.15) is 32.6 Å². The molecule has 0 spiro atoms. The van der Waals surface area contributed by atoms with E-state index in [9.17, 15) is 0 Å². The first-order chi connectivity index (χ1) is 9.33. The largest absolute Gasteiger partial charge is 0.338 e. The third-order valence-corrected chi connectivity index (χ3v) is 2.83. The Morgan fingerprint density at radius 1 is 1.21 bits per heavy atom. The Balaban J connectivity index is 2.04. The van der Waals surface area contributed by atoms with Crippen molar-refractivity contribution in [3.05, 3.63) is 30.4 Å². The van der Waals surface area contributed by atoms with Crippen molar-refractivity contribution >= 4 is 0 Å². The van der Waals surface area contributed by atoms with Crippen LogP contribution in [-0.4, -0.2) is 33.1 Å². The molecule has 0 aromatic carbocycles. The Labute approximate surface area is 113 Å². The van der Waals surface area contributed by atoms with Gasteiger partial charge in [-0.25, -0.2) is 0 Å². The molecule has 102 valence electrons. The van der Waals surface area contributed by atoms with Crippen molar-refractivity contribution in [2.75, 3.05) is 13.1 Å². The van der Waals surface area contributed by atoms with Crippen molar-refractivity contribution in [2.45, 2.75) is 33.2 Å². The van der Waals surface area contributed by atoms with Crippen LogP contribution >= 0.6 is 0 Å². The van der Waals surface area contributed by atoms with E-state index in [0.29, 0.717) is 11.7 Å². The van der Waals surface area contributed by atoms with Crippen LogP contribution in [-0.2, 0) is 6.54 Å². The Bertz CT molecular complexity index is 477. The average molecular weight is 260 g/mol. The summed E-state index contributed by atoms with van der Waals surface area (Å²) >= 11 is 0. The third kappa shape index (κ3) is 3.86. The van der Waals surface area contributed by atoms with Crippen LogP contribution < -0.4 is 0 Å². The van der Waals surface area contributed by atoms with Gasteiger partial charge in [-0.05, 0) is 38.1 Å². The summed E-state index contributed by atoms with van der Waals surface area (Å²) in [4.78, 5) is 10.8. The Morgan fingerprint density at radius 2 is 2.00 bits per heavy atom. The molecule has 5 nitrogen and oxygen atoms in total. The van der Waals surface area contributed by atoms with Crippen LogP contribution in [0.5, 0.6) is 0 Å². The van der Waals surface area contributed by atoms with E-state index in [0.717, 1.165) is 38.0 Å². The van der Waals surface area contributed by atoms with Crippen LogP contribution in [0.2, 0.25) is 0 Å². The summed E-state index contributed by atoms with van der Waals surface area (Å²) in [6, 6.07) is 3.79. The molecule has 5 heteroatoms. The Hall–Kier alpha value is -1.75. The predicted octanol–water partition coefficient (Wildman–Crippen LogP) is 2.75. The lowest BCUT2D eigenvalue weighted by molar-refractivity contribution is 0.227. The maximum atomic E-state index is 5.31. The summed E-state index contributed by atoms with van der Waals surface area (Å²) in [7, 11) is 0. The average Bonchev–Trinajstić information content (AvgIpc) is 2.89. The van der Waals surface area contributed by atoms with Gasteiger partial charge in [0, 0.05) is 18.0 Å². The lowest BCUT2D eigenvalue weighted by Gasteiger charge is -2.18. The second-order valence-electron chi connectivity index (χ2n) is 4.53. The molecule has 0 aliphatic carbocycles. The maximum absolute atomic E-state index is 5.31. The highest BCUT2D eigenvalue weighted by atomic mass is 16.5. The summed E-state index contributed by atoms with van der Waals surface area (Å²) < 4.78 is 5.31. The summed E-state index contributed by atoms with van der Waals surface area (Å²) in [5.74, 6) is 1.27. The smallest absolute Gasteiger partial charge is 0.241 e. The first-order valence-corrected chi connectivity index (χ1v) is 6.78. The van der Waals surface area contributed by atoms with Gasteiger partial charge in [-0.15, -0.1) is 0 Å². The summed E-state index contributed by atoms with van der Waals surface area (Å²) in [5.41, 5.74) is 0.884. The minimum absolute atomic E-state index is 0.607. The fraction of sp³-hybridized carbons (Fsp3) is 0.500. The highest BCUT2D eigenvalue weighted by Gasteiger charge is 2.12. The van der Waals surface area contributed by atoms with E-state index in [2.05, 4.69) is 33.9 Å². The second-order valence-corrected chi connectivity index (χ2v) is 4.53. The van der Waals surface area contributed by atoms with E-state index < -0.39 is 0 Å². The molecule has 0 saturated heterocycles. The molecule has 0 aliphatic heterocycles. The molecule has 0 fully saturated rings. The van der Waals surface area contributed by atoms with Gasteiger partial charge in [0.25, 0.3) is 0 Å². The van der Waals surface area contributed by atoms with Crippen molar-refractivity contribution in [1.29, 1.82) is 0 Å². The second kappa shape index (κ2) is 6.99. The van der Waals surface area contributed by atoms with Crippen LogP contribution in [0.4, 0.5) is 0 Å². The van der Waals surface area contributed by atoms with Gasteiger partial charge in [-0.3, -0.25) is 9.88 Å². The molecule has 0 N–H and O–H groups in total. The molecule has 0 radical (unpaired) electrons. The molecule has 0 amide bonds. The van der Waals surface area contributed by atoms with Crippen LogP contribution in [0.3, 0.4) is 0 Å². The quantitative estimate of drug-likeness (QED) is 0.766. The highest BCUT2D eigenvalue weighted by Crippen LogP contribution is 2.14. The molecule has 2 rings (SSSR count). The molecule has 0 bridgehead atoms. The van der Waals surface area contributed by atoms with Gasteiger partial charge in [0.05, 0.1) is 6.54 Å². The molecule has 0 saturated carbocycles. The summed E-state index contributed by atoms with van der Waals surface area (Å²) in [6.07, 6.45) is 5.73. The standard InChI is InChI=1S/C14H20N4O/c1-3-8-18(9-4-2)11-13-16-14(17-19-13)12-6-5-7-15-10-12/h5-7,10H,3-4,8-9,11H2,1-2H3. The zero-order chi connectivity index (χ0) is 13.5. The fourth-order valence-corrected chi connectivity index (χ4v) is 2.03. The van der Waals surface area contributed by atoms with Crippen molar-refractivity contribution < 1.29 is 4.52 Å². The van der Waals surface area contributed by atoms with Crippen molar-refractivity contribution in [2.24, 2.45) is 0 Å². The number of rotatable bonds is 7. The van der Waals surface area contributed by atoms with Gasteiger partial charge in [0.1, 0.15) is 0 Å². The van der Waals surface area contributed by atoms with Crippen molar-refractivity contribution in [1.82, 2.24) is 20.0 Å². The molecule has 19 heavy (non-hydrogen) atoms. The lowest BCUT2D eigenvalue weighted by atomic mass is 10.3. The van der Waals surface area contributed by atoms with Crippen LogP contribution in [0.15, 0.2) is 29.0 Å². The van der Waals surface area contributed by atoms with Crippen molar-refractivity contribution in [3.8, 4) is 11.4 Å². The van der Waals surface area contributed by atoms with Crippen LogP contribution in [0, 0.1) is 0 Å². The minimum Gasteiger partial charge on any atom is -0.338 e. The maximum Gasteiger partial charge on any atom is 0.241 e. The van der Waals surface area contributed by atoms with Gasteiger partial charge in [-0.2, -0.15) is 4.98 Å². The first-order valence-electron chi connectivity index (χ1n) is 6.78. The summed E-state index contributed by atoms with van der Waals surface area (Å²) in [5, 5.41) is 4.01. The van der Waals surface area contributed by atoms with Gasteiger partial charge in [0.2, 0.25) is 11.7 Å². The van der Waals surface area contributed by atoms with Gasteiger partial charge in [-0.1, -0.05) is 19.0 Å². The highest BCUT2D eigenvalue weighted by molar-refractivity contribution is 5.51. The topological polar surface area (TPSA) is 55.1 Å². The number of hydrogen-bond acceptors (Lipinski definition) is 5. The molecule has 0 aliphatic rings. The van der Waals surface area contributed by atoms with Crippen LogP contribution in [0.25, 0.3) is 11.4 Å². The zero-order valence-corrected chi connectivity index (χ0v) is 11.5. The van der Waals surface area contributed by atoms with Crippen molar-refractivity contribution in [3.63, 3.8) is 0 Å². The molecule has 0 unspecified atom stereocenters. The van der Waals surface area contributed by atoms with E-state index in [-0.39, 0.29) is 0 Å². The SMILES string of the molecule is CCCN(CCC)Cc1nc(-c2cccnc2)no1.